The summed E-state index contributed by atoms with van der Waals surface area (Å²) in [6, 6.07) is 7.98. The summed E-state index contributed by atoms with van der Waals surface area (Å²) < 4.78 is 10.6. The van der Waals surface area contributed by atoms with Crippen molar-refractivity contribution in [1.82, 2.24) is 0 Å². The van der Waals surface area contributed by atoms with Gasteiger partial charge in [0, 0.05) is 9.75 Å². The van der Waals surface area contributed by atoms with Crippen LogP contribution in [-0.2, 0) is 0 Å². The van der Waals surface area contributed by atoms with Gasteiger partial charge < -0.3 is 15.2 Å². The van der Waals surface area contributed by atoms with Gasteiger partial charge in [0.25, 0.3) is 0 Å². The summed E-state index contributed by atoms with van der Waals surface area (Å²) in [4.78, 5) is 2.43. The molecule has 1 unspecified atom stereocenters. The van der Waals surface area contributed by atoms with E-state index in [-0.39, 0.29) is 6.04 Å². The Kier molecular flexibility index (Phi) is 4.12. The first-order chi connectivity index (χ1) is 9.06. The van der Waals surface area contributed by atoms with Crippen molar-refractivity contribution >= 4 is 11.3 Å². The Morgan fingerprint density at radius 3 is 2.21 bits per heavy atom. The zero-order valence-electron chi connectivity index (χ0n) is 11.7. The molecule has 2 rings (SSSR count). The average Bonchev–Trinajstić information content (AvgIpc) is 2.84. The van der Waals surface area contributed by atoms with Crippen molar-refractivity contribution in [2.45, 2.75) is 19.9 Å². The second-order valence-electron chi connectivity index (χ2n) is 4.49. The van der Waals surface area contributed by atoms with Gasteiger partial charge in [-0.15, -0.1) is 11.3 Å². The molecule has 0 radical (unpaired) electrons. The van der Waals surface area contributed by atoms with Crippen LogP contribution in [0.5, 0.6) is 11.5 Å². The van der Waals surface area contributed by atoms with E-state index in [1.807, 2.05) is 19.1 Å². The third-order valence-electron chi connectivity index (χ3n) is 3.17. The third-order valence-corrected chi connectivity index (χ3v) is 4.26. The highest BCUT2D eigenvalue weighted by Gasteiger charge is 2.16. The van der Waals surface area contributed by atoms with Crippen molar-refractivity contribution in [3.63, 3.8) is 0 Å². The number of nitrogens with two attached hydrogens (primary N) is 1. The molecule has 0 fully saturated rings. The maximum atomic E-state index is 6.36. The van der Waals surface area contributed by atoms with E-state index in [0.717, 1.165) is 21.8 Å². The van der Waals surface area contributed by atoms with Gasteiger partial charge in [-0.1, -0.05) is 0 Å². The number of benzene rings is 1. The lowest BCUT2D eigenvalue weighted by Crippen LogP contribution is -2.12. The van der Waals surface area contributed by atoms with Crippen molar-refractivity contribution in [3.8, 4) is 11.5 Å². The second-order valence-corrected chi connectivity index (χ2v) is 5.81. The standard InChI is InChI=1S/C15H19NO2S/c1-9-7-12(17-3)13(18-4)8-11(9)15(16)14-6-5-10(2)19-14/h5-8,15H,16H2,1-4H3. The van der Waals surface area contributed by atoms with Crippen molar-refractivity contribution < 1.29 is 9.47 Å². The van der Waals surface area contributed by atoms with Gasteiger partial charge in [-0.25, -0.2) is 0 Å². The van der Waals surface area contributed by atoms with Gasteiger partial charge in [-0.3, -0.25) is 0 Å². The second kappa shape index (κ2) is 5.63. The molecule has 4 heteroatoms. The van der Waals surface area contributed by atoms with Crippen molar-refractivity contribution in [3.05, 3.63) is 45.1 Å². The number of aryl methyl sites for hydroxylation is 2. The van der Waals surface area contributed by atoms with E-state index in [1.54, 1.807) is 25.6 Å². The van der Waals surface area contributed by atoms with E-state index in [0.29, 0.717) is 5.75 Å². The van der Waals surface area contributed by atoms with Gasteiger partial charge in [0.2, 0.25) is 0 Å². The molecule has 3 nitrogen and oxygen atoms in total. The molecule has 19 heavy (non-hydrogen) atoms. The van der Waals surface area contributed by atoms with Gasteiger partial charge in [-0.2, -0.15) is 0 Å². The van der Waals surface area contributed by atoms with Crippen LogP contribution < -0.4 is 15.2 Å². The maximum Gasteiger partial charge on any atom is 0.161 e. The van der Waals surface area contributed by atoms with Crippen molar-refractivity contribution in [2.75, 3.05) is 14.2 Å². The largest absolute Gasteiger partial charge is 0.493 e. The van der Waals surface area contributed by atoms with Crippen LogP contribution in [-0.4, -0.2) is 14.2 Å². The fourth-order valence-electron chi connectivity index (χ4n) is 2.11. The molecule has 0 saturated carbocycles. The monoisotopic (exact) mass is 277 g/mol. The van der Waals surface area contributed by atoms with E-state index < -0.39 is 0 Å². The summed E-state index contributed by atoms with van der Waals surface area (Å²) in [5, 5.41) is 0. The Labute approximate surface area is 118 Å². The molecule has 1 aromatic carbocycles. The van der Waals surface area contributed by atoms with Crippen LogP contribution in [0.3, 0.4) is 0 Å². The number of ether oxygens (including phenoxy) is 2. The van der Waals surface area contributed by atoms with Crippen LogP contribution in [0.15, 0.2) is 24.3 Å². The lowest BCUT2D eigenvalue weighted by molar-refractivity contribution is 0.354. The van der Waals surface area contributed by atoms with Crippen molar-refractivity contribution in [2.24, 2.45) is 5.73 Å². The normalized spacial score (nSPS) is 12.3. The van der Waals surface area contributed by atoms with Crippen LogP contribution >= 0.6 is 11.3 Å². The average molecular weight is 277 g/mol. The molecule has 0 aliphatic carbocycles. The maximum absolute atomic E-state index is 6.36. The molecule has 2 N–H and O–H groups in total. The Hall–Kier alpha value is -1.52. The summed E-state index contributed by atoms with van der Waals surface area (Å²) in [6.07, 6.45) is 0. The molecule has 0 saturated heterocycles. The molecule has 2 aromatic rings. The minimum absolute atomic E-state index is 0.126. The minimum Gasteiger partial charge on any atom is -0.493 e. The molecular weight excluding hydrogens is 258 g/mol. The molecule has 0 aliphatic rings. The number of hydrogen-bond donors (Lipinski definition) is 1. The smallest absolute Gasteiger partial charge is 0.161 e. The quantitative estimate of drug-likeness (QED) is 0.931. The SMILES string of the molecule is COc1cc(C)c(C(N)c2ccc(C)s2)cc1OC. The number of hydrogen-bond acceptors (Lipinski definition) is 4. The van der Waals surface area contributed by atoms with E-state index in [9.17, 15) is 0 Å². The molecular formula is C15H19NO2S. The van der Waals surface area contributed by atoms with Gasteiger partial charge in [0.05, 0.1) is 20.3 Å². The predicted molar refractivity (Wildman–Crippen MR) is 79.4 cm³/mol. The first kappa shape index (κ1) is 13.9. The molecule has 0 aliphatic heterocycles. The molecule has 0 bridgehead atoms. The lowest BCUT2D eigenvalue weighted by Gasteiger charge is -2.17. The van der Waals surface area contributed by atoms with E-state index in [1.165, 1.54) is 4.88 Å². The molecule has 1 heterocycles. The molecule has 1 aromatic heterocycles. The highest BCUT2D eigenvalue weighted by molar-refractivity contribution is 7.12. The highest BCUT2D eigenvalue weighted by Crippen LogP contribution is 2.35. The zero-order chi connectivity index (χ0) is 14.0. The van der Waals surface area contributed by atoms with Crippen LogP contribution in [0, 0.1) is 13.8 Å². The lowest BCUT2D eigenvalue weighted by atomic mass is 10.00. The molecule has 102 valence electrons. The zero-order valence-corrected chi connectivity index (χ0v) is 12.5. The number of rotatable bonds is 4. The Balaban J connectivity index is 2.44. The Morgan fingerprint density at radius 1 is 1.05 bits per heavy atom. The first-order valence-corrected chi connectivity index (χ1v) is 6.93. The summed E-state index contributed by atoms with van der Waals surface area (Å²) in [7, 11) is 3.28. The van der Waals surface area contributed by atoms with Gasteiger partial charge in [-0.05, 0) is 49.2 Å². The third kappa shape index (κ3) is 2.74. The van der Waals surface area contributed by atoms with Crippen LogP contribution in [0.4, 0.5) is 0 Å². The summed E-state index contributed by atoms with van der Waals surface area (Å²) >= 11 is 1.73. The molecule has 0 spiro atoms. The highest BCUT2D eigenvalue weighted by atomic mass is 32.1. The minimum atomic E-state index is -0.126. The van der Waals surface area contributed by atoms with Crippen LogP contribution in [0.1, 0.15) is 26.9 Å². The number of methoxy groups -OCH3 is 2. The van der Waals surface area contributed by atoms with E-state index in [2.05, 4.69) is 19.1 Å². The van der Waals surface area contributed by atoms with Gasteiger partial charge >= 0.3 is 0 Å². The number of thiophene rings is 1. The summed E-state index contributed by atoms with van der Waals surface area (Å²) in [5.41, 5.74) is 8.54. The molecule has 1 atom stereocenters. The summed E-state index contributed by atoms with van der Waals surface area (Å²) in [5.74, 6) is 1.45. The van der Waals surface area contributed by atoms with Crippen LogP contribution in [0.2, 0.25) is 0 Å². The van der Waals surface area contributed by atoms with Crippen molar-refractivity contribution in [1.29, 1.82) is 0 Å². The summed E-state index contributed by atoms with van der Waals surface area (Å²) in [6.45, 7) is 4.12. The topological polar surface area (TPSA) is 44.5 Å². The first-order valence-electron chi connectivity index (χ1n) is 6.11. The van der Waals surface area contributed by atoms with Gasteiger partial charge in [0.1, 0.15) is 0 Å². The fraction of sp³-hybridized carbons (Fsp3) is 0.333. The Morgan fingerprint density at radius 2 is 1.68 bits per heavy atom. The van der Waals surface area contributed by atoms with E-state index in [4.69, 9.17) is 15.2 Å². The van der Waals surface area contributed by atoms with E-state index >= 15 is 0 Å². The predicted octanol–water partition coefficient (Wildman–Crippen LogP) is 3.43. The Bertz CT molecular complexity index is 578. The van der Waals surface area contributed by atoms with Crippen LogP contribution in [0.25, 0.3) is 0 Å². The molecule has 0 amide bonds. The van der Waals surface area contributed by atoms with Gasteiger partial charge in [0.15, 0.2) is 11.5 Å². The fourth-order valence-corrected chi connectivity index (χ4v) is 3.00.